The van der Waals surface area contributed by atoms with Crippen LogP contribution in [-0.2, 0) is 0 Å². The number of nitrogens with zero attached hydrogens (tertiary/aromatic N) is 2. The lowest BCUT2D eigenvalue weighted by molar-refractivity contribution is 0.235. The molecule has 11 heavy (non-hydrogen) atoms. The molecule has 0 amide bonds. The Hall–Kier alpha value is -0.550. The highest BCUT2D eigenvalue weighted by atomic mass is 15.2. The Bertz CT molecular complexity index is 155. The predicted octanol–water partition coefficient (Wildman–Crippen LogP) is 1.77. The molecule has 2 nitrogen and oxygen atoms in total. The minimum absolute atomic E-state index is 0.113. The molecule has 0 aromatic heterocycles. The van der Waals surface area contributed by atoms with Crippen LogP contribution in [0, 0.1) is 11.3 Å². The van der Waals surface area contributed by atoms with Crippen LogP contribution in [0.3, 0.4) is 0 Å². The second-order valence-corrected chi connectivity index (χ2v) is 3.27. The maximum atomic E-state index is 8.72. The molecule has 0 radical (unpaired) electrons. The van der Waals surface area contributed by atoms with Gasteiger partial charge in [-0.15, -0.1) is 0 Å². The van der Waals surface area contributed by atoms with E-state index in [9.17, 15) is 0 Å². The van der Waals surface area contributed by atoms with Crippen LogP contribution in [0.5, 0.6) is 0 Å². The highest BCUT2D eigenvalue weighted by Gasteiger charge is 2.31. The fraction of sp³-hybridized carbons (Fsp3) is 0.889. The van der Waals surface area contributed by atoms with E-state index in [2.05, 4.69) is 17.9 Å². The Morgan fingerprint density at radius 2 is 2.27 bits per heavy atom. The van der Waals surface area contributed by atoms with Crippen molar-refractivity contribution in [2.75, 3.05) is 6.54 Å². The monoisotopic (exact) mass is 152 g/mol. The van der Waals surface area contributed by atoms with Crippen LogP contribution < -0.4 is 0 Å². The van der Waals surface area contributed by atoms with E-state index in [4.69, 9.17) is 5.26 Å². The Balaban J connectivity index is 2.38. The Morgan fingerprint density at radius 1 is 1.64 bits per heavy atom. The summed E-state index contributed by atoms with van der Waals surface area (Å²) in [6.07, 6.45) is 3.75. The molecule has 0 spiro atoms. The summed E-state index contributed by atoms with van der Waals surface area (Å²) in [6, 6.07) is 3.14. The largest absolute Gasteiger partial charge is 0.285 e. The van der Waals surface area contributed by atoms with E-state index in [-0.39, 0.29) is 6.04 Å². The maximum absolute atomic E-state index is 8.72. The van der Waals surface area contributed by atoms with Crippen LogP contribution >= 0.6 is 0 Å². The average Bonchev–Trinajstić information content (AvgIpc) is 2.81. The zero-order valence-electron chi connectivity index (χ0n) is 7.38. The van der Waals surface area contributed by atoms with Gasteiger partial charge in [-0.2, -0.15) is 5.26 Å². The number of hydrogen-bond donors (Lipinski definition) is 0. The molecule has 0 N–H and O–H groups in total. The minimum atomic E-state index is 0.113. The third-order valence-corrected chi connectivity index (χ3v) is 2.18. The van der Waals surface area contributed by atoms with Crippen LogP contribution in [0.4, 0.5) is 0 Å². The van der Waals surface area contributed by atoms with E-state index < -0.39 is 0 Å². The molecule has 0 aromatic carbocycles. The van der Waals surface area contributed by atoms with Gasteiger partial charge in [0.2, 0.25) is 0 Å². The first-order valence-corrected chi connectivity index (χ1v) is 4.45. The normalized spacial score (nSPS) is 19.8. The second kappa shape index (κ2) is 3.73. The van der Waals surface area contributed by atoms with Gasteiger partial charge in [-0.1, -0.05) is 6.92 Å². The van der Waals surface area contributed by atoms with Gasteiger partial charge in [0.1, 0.15) is 0 Å². The summed E-state index contributed by atoms with van der Waals surface area (Å²) < 4.78 is 0. The van der Waals surface area contributed by atoms with Gasteiger partial charge in [-0.25, -0.2) is 0 Å². The molecular weight excluding hydrogens is 136 g/mol. The van der Waals surface area contributed by atoms with Crippen molar-refractivity contribution in [1.29, 1.82) is 5.26 Å². The molecule has 0 bridgehead atoms. The molecule has 62 valence electrons. The predicted molar refractivity (Wildman–Crippen MR) is 45.1 cm³/mol. The lowest BCUT2D eigenvalue weighted by Gasteiger charge is -2.23. The Kier molecular flexibility index (Phi) is 2.90. The molecule has 1 unspecified atom stereocenters. The molecule has 1 fully saturated rings. The summed E-state index contributed by atoms with van der Waals surface area (Å²) in [5.74, 6) is 0. The topological polar surface area (TPSA) is 27.0 Å². The number of hydrogen-bond acceptors (Lipinski definition) is 2. The standard InChI is InChI=1S/C9H16N2/c1-3-6-11(8(2)7-10)9-4-5-9/h8-9H,3-6H2,1-2H3. The zero-order chi connectivity index (χ0) is 8.27. The van der Waals surface area contributed by atoms with E-state index in [0.717, 1.165) is 19.0 Å². The van der Waals surface area contributed by atoms with Gasteiger partial charge in [0.25, 0.3) is 0 Å². The lowest BCUT2D eigenvalue weighted by atomic mass is 10.3. The third-order valence-electron chi connectivity index (χ3n) is 2.18. The summed E-state index contributed by atoms with van der Waals surface area (Å²) in [4.78, 5) is 2.32. The number of rotatable bonds is 4. The fourth-order valence-corrected chi connectivity index (χ4v) is 1.43. The van der Waals surface area contributed by atoms with Gasteiger partial charge >= 0.3 is 0 Å². The van der Waals surface area contributed by atoms with Crippen molar-refractivity contribution < 1.29 is 0 Å². The first-order valence-electron chi connectivity index (χ1n) is 4.45. The smallest absolute Gasteiger partial charge is 0.0951 e. The SMILES string of the molecule is CCCN(C(C)C#N)C1CC1. The lowest BCUT2D eigenvalue weighted by Crippen LogP contribution is -2.34. The highest BCUT2D eigenvalue weighted by Crippen LogP contribution is 2.28. The molecule has 0 heterocycles. The van der Waals surface area contributed by atoms with Gasteiger partial charge < -0.3 is 0 Å². The molecule has 1 aliphatic rings. The molecule has 0 aromatic rings. The maximum Gasteiger partial charge on any atom is 0.0951 e. The summed E-state index contributed by atoms with van der Waals surface area (Å²) in [5, 5.41) is 8.72. The third kappa shape index (κ3) is 2.20. The number of nitriles is 1. The van der Waals surface area contributed by atoms with E-state index in [1.54, 1.807) is 0 Å². The first-order chi connectivity index (χ1) is 5.29. The molecule has 2 heteroatoms. The van der Waals surface area contributed by atoms with Crippen LogP contribution in [0.1, 0.15) is 33.1 Å². The van der Waals surface area contributed by atoms with Crippen LogP contribution in [-0.4, -0.2) is 23.5 Å². The van der Waals surface area contributed by atoms with E-state index in [1.807, 2.05) is 6.92 Å². The van der Waals surface area contributed by atoms with Gasteiger partial charge in [-0.05, 0) is 32.7 Å². The zero-order valence-corrected chi connectivity index (χ0v) is 7.38. The summed E-state index contributed by atoms with van der Waals surface area (Å²) in [6.45, 7) is 5.24. The van der Waals surface area contributed by atoms with Crippen molar-refractivity contribution >= 4 is 0 Å². The molecular formula is C9H16N2. The summed E-state index contributed by atoms with van der Waals surface area (Å²) >= 11 is 0. The van der Waals surface area contributed by atoms with Gasteiger partial charge in [0.15, 0.2) is 0 Å². The second-order valence-electron chi connectivity index (χ2n) is 3.27. The minimum Gasteiger partial charge on any atom is -0.285 e. The van der Waals surface area contributed by atoms with E-state index in [1.165, 1.54) is 12.8 Å². The molecule has 1 atom stereocenters. The van der Waals surface area contributed by atoms with Gasteiger partial charge in [0, 0.05) is 6.04 Å². The van der Waals surface area contributed by atoms with Crippen LogP contribution in [0.2, 0.25) is 0 Å². The van der Waals surface area contributed by atoms with Crippen molar-refractivity contribution in [3.8, 4) is 6.07 Å². The van der Waals surface area contributed by atoms with Crippen molar-refractivity contribution in [3.05, 3.63) is 0 Å². The average molecular weight is 152 g/mol. The van der Waals surface area contributed by atoms with Crippen molar-refractivity contribution in [2.24, 2.45) is 0 Å². The Morgan fingerprint density at radius 3 is 2.64 bits per heavy atom. The highest BCUT2D eigenvalue weighted by molar-refractivity contribution is 4.95. The van der Waals surface area contributed by atoms with Gasteiger partial charge in [-0.3, -0.25) is 4.90 Å². The molecule has 1 rings (SSSR count). The summed E-state index contributed by atoms with van der Waals surface area (Å²) in [7, 11) is 0. The van der Waals surface area contributed by atoms with Crippen LogP contribution in [0.25, 0.3) is 0 Å². The Labute approximate surface area is 68.8 Å². The molecule has 0 saturated heterocycles. The van der Waals surface area contributed by atoms with E-state index >= 15 is 0 Å². The van der Waals surface area contributed by atoms with Gasteiger partial charge in [0.05, 0.1) is 12.1 Å². The molecule has 0 aliphatic heterocycles. The van der Waals surface area contributed by atoms with Crippen molar-refractivity contribution in [2.45, 2.75) is 45.2 Å². The molecule has 1 saturated carbocycles. The van der Waals surface area contributed by atoms with Crippen LogP contribution in [0.15, 0.2) is 0 Å². The first kappa shape index (κ1) is 8.55. The van der Waals surface area contributed by atoms with Crippen molar-refractivity contribution in [3.63, 3.8) is 0 Å². The van der Waals surface area contributed by atoms with E-state index in [0.29, 0.717) is 0 Å². The summed E-state index contributed by atoms with van der Waals surface area (Å²) in [5.41, 5.74) is 0. The quantitative estimate of drug-likeness (QED) is 0.614. The molecule has 1 aliphatic carbocycles. The van der Waals surface area contributed by atoms with Crippen molar-refractivity contribution in [1.82, 2.24) is 4.90 Å². The fourth-order valence-electron chi connectivity index (χ4n) is 1.43.